The van der Waals surface area contributed by atoms with Gasteiger partial charge in [-0.25, -0.2) is 13.1 Å². The highest BCUT2D eigenvalue weighted by atomic mass is 32.2. The molecule has 0 aliphatic heterocycles. The van der Waals surface area contributed by atoms with Crippen molar-refractivity contribution in [3.05, 3.63) is 0 Å². The van der Waals surface area contributed by atoms with E-state index in [0.717, 1.165) is 25.7 Å². The molecular formula is C10H19NO4S. The van der Waals surface area contributed by atoms with Gasteiger partial charge in [-0.05, 0) is 25.7 Å². The van der Waals surface area contributed by atoms with Crippen LogP contribution in [0.4, 0.5) is 0 Å². The molecule has 1 aliphatic carbocycles. The predicted octanol–water partition coefficient (Wildman–Crippen LogP) is 0.959. The van der Waals surface area contributed by atoms with Gasteiger partial charge in [0.25, 0.3) is 0 Å². The zero-order valence-corrected chi connectivity index (χ0v) is 10.3. The minimum atomic E-state index is -3.68. The van der Waals surface area contributed by atoms with Gasteiger partial charge in [0.1, 0.15) is 0 Å². The van der Waals surface area contributed by atoms with E-state index in [0.29, 0.717) is 5.92 Å². The fourth-order valence-electron chi connectivity index (χ4n) is 2.22. The van der Waals surface area contributed by atoms with Crippen LogP contribution in [-0.4, -0.2) is 31.3 Å². The van der Waals surface area contributed by atoms with Gasteiger partial charge >= 0.3 is 5.97 Å². The number of carboxylic acid groups (broad SMARTS) is 1. The molecule has 1 fully saturated rings. The molecule has 0 bridgehead atoms. The van der Waals surface area contributed by atoms with Crippen molar-refractivity contribution in [2.75, 3.05) is 5.75 Å². The van der Waals surface area contributed by atoms with Gasteiger partial charge in [-0.2, -0.15) is 0 Å². The third-order valence-electron chi connectivity index (χ3n) is 3.04. The highest BCUT2D eigenvalue weighted by molar-refractivity contribution is 7.90. The van der Waals surface area contributed by atoms with E-state index in [-0.39, 0.29) is 6.04 Å². The molecule has 1 saturated carbocycles. The van der Waals surface area contributed by atoms with Crippen molar-refractivity contribution >= 4 is 16.0 Å². The Morgan fingerprint density at radius 3 is 2.44 bits per heavy atom. The molecule has 0 saturated heterocycles. The molecule has 0 aromatic heterocycles. The van der Waals surface area contributed by atoms with Gasteiger partial charge in [-0.1, -0.05) is 19.3 Å². The smallest absolute Gasteiger partial charge is 0.320 e. The Balaban J connectivity index is 2.49. The third kappa shape index (κ3) is 4.49. The number of carbonyl (C=O) groups is 1. The lowest BCUT2D eigenvalue weighted by Gasteiger charge is -2.27. The van der Waals surface area contributed by atoms with Crippen molar-refractivity contribution in [2.45, 2.75) is 45.1 Å². The van der Waals surface area contributed by atoms with Crippen LogP contribution in [0.1, 0.15) is 39.0 Å². The summed E-state index contributed by atoms with van der Waals surface area (Å²) < 4.78 is 25.3. The van der Waals surface area contributed by atoms with Crippen molar-refractivity contribution in [2.24, 2.45) is 5.92 Å². The summed E-state index contributed by atoms with van der Waals surface area (Å²) in [6.45, 7) is 1.81. The van der Waals surface area contributed by atoms with Crippen LogP contribution in [0.2, 0.25) is 0 Å². The van der Waals surface area contributed by atoms with Crippen molar-refractivity contribution in [3.63, 3.8) is 0 Å². The lowest BCUT2D eigenvalue weighted by Crippen LogP contribution is -2.41. The van der Waals surface area contributed by atoms with Crippen LogP contribution >= 0.6 is 0 Å². The van der Waals surface area contributed by atoms with Crippen LogP contribution in [0, 0.1) is 5.92 Å². The standard InChI is InChI=1S/C10H19NO4S/c1-8(9-5-3-2-4-6-9)11-16(14,15)7-10(12)13/h8-9,11H,2-7H2,1H3,(H,12,13)/t8-/m1/s1. The van der Waals surface area contributed by atoms with Gasteiger partial charge in [-0.3, -0.25) is 4.79 Å². The number of carboxylic acids is 1. The fraction of sp³-hybridized carbons (Fsp3) is 0.900. The lowest BCUT2D eigenvalue weighted by atomic mass is 9.85. The van der Waals surface area contributed by atoms with Crippen molar-refractivity contribution in [1.82, 2.24) is 4.72 Å². The van der Waals surface area contributed by atoms with Gasteiger partial charge in [0.05, 0.1) is 0 Å². The molecule has 2 N–H and O–H groups in total. The second kappa shape index (κ2) is 5.63. The molecule has 1 atom stereocenters. The summed E-state index contributed by atoms with van der Waals surface area (Å²) in [5, 5.41) is 8.45. The number of hydrogen-bond acceptors (Lipinski definition) is 3. The van der Waals surface area contributed by atoms with Gasteiger partial charge in [0, 0.05) is 6.04 Å². The van der Waals surface area contributed by atoms with Gasteiger partial charge in [0.15, 0.2) is 5.75 Å². The van der Waals surface area contributed by atoms with E-state index in [2.05, 4.69) is 4.72 Å². The topological polar surface area (TPSA) is 83.5 Å². The molecule has 5 nitrogen and oxygen atoms in total. The first-order valence-corrected chi connectivity index (χ1v) is 7.28. The second-order valence-electron chi connectivity index (χ2n) is 4.46. The minimum Gasteiger partial charge on any atom is -0.480 e. The Labute approximate surface area is 96.3 Å². The van der Waals surface area contributed by atoms with Crippen LogP contribution in [0.3, 0.4) is 0 Å². The van der Waals surface area contributed by atoms with Crippen LogP contribution in [0.5, 0.6) is 0 Å². The summed E-state index contributed by atoms with van der Waals surface area (Å²) in [4.78, 5) is 10.4. The molecule has 0 heterocycles. The Kier molecular flexibility index (Phi) is 4.73. The summed E-state index contributed by atoms with van der Waals surface area (Å²) in [7, 11) is -3.68. The molecule has 94 valence electrons. The summed E-state index contributed by atoms with van der Waals surface area (Å²) in [6.07, 6.45) is 5.53. The maximum absolute atomic E-state index is 11.4. The highest BCUT2D eigenvalue weighted by Crippen LogP contribution is 2.26. The van der Waals surface area contributed by atoms with E-state index in [1.807, 2.05) is 6.92 Å². The van der Waals surface area contributed by atoms with E-state index in [9.17, 15) is 13.2 Å². The Morgan fingerprint density at radius 2 is 1.94 bits per heavy atom. The zero-order chi connectivity index (χ0) is 12.2. The van der Waals surface area contributed by atoms with Crippen LogP contribution in [-0.2, 0) is 14.8 Å². The molecule has 0 aromatic rings. The minimum absolute atomic E-state index is 0.162. The zero-order valence-electron chi connectivity index (χ0n) is 9.48. The SMILES string of the molecule is C[C@@H](NS(=O)(=O)CC(=O)O)C1CCCCC1. The molecule has 0 amide bonds. The van der Waals surface area contributed by atoms with E-state index in [4.69, 9.17) is 5.11 Å². The van der Waals surface area contributed by atoms with Gasteiger partial charge in [-0.15, -0.1) is 0 Å². The largest absolute Gasteiger partial charge is 0.480 e. The first kappa shape index (κ1) is 13.4. The number of sulfonamides is 1. The van der Waals surface area contributed by atoms with E-state index >= 15 is 0 Å². The van der Waals surface area contributed by atoms with Crippen LogP contribution < -0.4 is 4.72 Å². The molecule has 0 radical (unpaired) electrons. The molecule has 0 aromatic carbocycles. The average Bonchev–Trinajstić information content (AvgIpc) is 2.16. The first-order valence-electron chi connectivity index (χ1n) is 5.62. The maximum Gasteiger partial charge on any atom is 0.320 e. The van der Waals surface area contributed by atoms with E-state index in [1.165, 1.54) is 6.42 Å². The van der Waals surface area contributed by atoms with Gasteiger partial charge < -0.3 is 5.11 Å². The van der Waals surface area contributed by atoms with Crippen molar-refractivity contribution in [3.8, 4) is 0 Å². The molecule has 1 aliphatic rings. The van der Waals surface area contributed by atoms with Crippen molar-refractivity contribution in [1.29, 1.82) is 0 Å². The average molecular weight is 249 g/mol. The van der Waals surface area contributed by atoms with E-state index < -0.39 is 21.7 Å². The molecule has 1 rings (SSSR count). The second-order valence-corrected chi connectivity index (χ2v) is 6.21. The van der Waals surface area contributed by atoms with Crippen LogP contribution in [0.15, 0.2) is 0 Å². The Bertz CT molecular complexity index is 333. The lowest BCUT2D eigenvalue weighted by molar-refractivity contribution is -0.134. The maximum atomic E-state index is 11.4. The predicted molar refractivity (Wildman–Crippen MR) is 60.6 cm³/mol. The fourth-order valence-corrected chi connectivity index (χ4v) is 3.39. The normalized spacial score (nSPS) is 20.6. The number of aliphatic carboxylic acids is 1. The molecule has 6 heteroatoms. The molecule has 0 unspecified atom stereocenters. The summed E-state index contributed by atoms with van der Waals surface area (Å²) in [6, 6.07) is -0.162. The molecule has 0 spiro atoms. The Hall–Kier alpha value is -0.620. The van der Waals surface area contributed by atoms with E-state index in [1.54, 1.807) is 0 Å². The quantitative estimate of drug-likeness (QED) is 0.760. The van der Waals surface area contributed by atoms with Gasteiger partial charge in [0.2, 0.25) is 10.0 Å². The summed E-state index contributed by atoms with van der Waals surface area (Å²) in [5.41, 5.74) is 0. The molecule has 16 heavy (non-hydrogen) atoms. The summed E-state index contributed by atoms with van der Waals surface area (Å²) >= 11 is 0. The van der Waals surface area contributed by atoms with Crippen molar-refractivity contribution < 1.29 is 18.3 Å². The number of hydrogen-bond donors (Lipinski definition) is 2. The highest BCUT2D eigenvalue weighted by Gasteiger charge is 2.25. The monoisotopic (exact) mass is 249 g/mol. The Morgan fingerprint density at radius 1 is 1.38 bits per heavy atom. The van der Waals surface area contributed by atoms with Crippen LogP contribution in [0.25, 0.3) is 0 Å². The number of rotatable bonds is 5. The third-order valence-corrected chi connectivity index (χ3v) is 4.39. The number of nitrogens with one attached hydrogen (secondary N) is 1. The first-order chi connectivity index (χ1) is 7.41. The summed E-state index contributed by atoms with van der Waals surface area (Å²) in [5.74, 6) is -1.81. The molecular weight excluding hydrogens is 230 g/mol.